The third-order valence-electron chi connectivity index (χ3n) is 7.93. The molecule has 1 aromatic carbocycles. The van der Waals surface area contributed by atoms with Crippen LogP contribution in [0.25, 0.3) is 0 Å². The summed E-state index contributed by atoms with van der Waals surface area (Å²) >= 11 is 6.20. The fourth-order valence-electron chi connectivity index (χ4n) is 5.62. The van der Waals surface area contributed by atoms with Crippen LogP contribution in [0, 0.1) is 11.8 Å². The zero-order valence-electron chi connectivity index (χ0n) is 21.3. The first kappa shape index (κ1) is 28.6. The van der Waals surface area contributed by atoms with Gasteiger partial charge in [0.1, 0.15) is 17.2 Å². The Kier molecular flexibility index (Phi) is 8.86. The van der Waals surface area contributed by atoms with Gasteiger partial charge in [-0.2, -0.15) is 13.2 Å². The van der Waals surface area contributed by atoms with E-state index in [4.69, 9.17) is 11.6 Å². The summed E-state index contributed by atoms with van der Waals surface area (Å²) < 4.78 is 41.9. The van der Waals surface area contributed by atoms with Crippen molar-refractivity contribution in [3.63, 3.8) is 0 Å². The molecule has 2 aliphatic rings. The highest BCUT2D eigenvalue weighted by Gasteiger charge is 2.61. The molecular weight excluding hydrogens is 521 g/mol. The number of carbonyl (C=O) groups excluding carboxylic acids is 1. The molecule has 2 fully saturated rings. The van der Waals surface area contributed by atoms with Crippen LogP contribution < -0.4 is 10.2 Å². The standard InChI is InChI=1S/C27H34ClF3N4O3/c1-32-24(36)21-7-8-22(33-23(21)28)34-13-9-18(10-14-34)17-19-11-15-35(16-12-19)25(37)26(38,27(29,30)31)20-5-3-2-4-6-20/h2-8,18-19,25,37-38H,9-17H2,1H3,(H,32,36)/t25?,26-/m0/s1. The van der Waals surface area contributed by atoms with E-state index in [2.05, 4.69) is 15.2 Å². The minimum absolute atomic E-state index is 0.169. The van der Waals surface area contributed by atoms with Crippen molar-refractivity contribution in [1.29, 1.82) is 0 Å². The molecule has 0 aliphatic carbocycles. The van der Waals surface area contributed by atoms with Crippen molar-refractivity contribution in [2.45, 2.75) is 50.1 Å². The quantitative estimate of drug-likeness (QED) is 0.445. The lowest BCUT2D eigenvalue weighted by molar-refractivity contribution is -0.320. The number of benzene rings is 1. The van der Waals surface area contributed by atoms with Gasteiger partial charge in [-0.25, -0.2) is 4.98 Å². The number of anilines is 1. The van der Waals surface area contributed by atoms with Gasteiger partial charge in [-0.15, -0.1) is 0 Å². The van der Waals surface area contributed by atoms with Crippen molar-refractivity contribution in [2.75, 3.05) is 38.1 Å². The first-order chi connectivity index (χ1) is 18.0. The molecule has 1 aromatic heterocycles. The summed E-state index contributed by atoms with van der Waals surface area (Å²) in [4.78, 5) is 19.7. The van der Waals surface area contributed by atoms with Crippen molar-refractivity contribution >= 4 is 23.3 Å². The van der Waals surface area contributed by atoms with Gasteiger partial charge in [0.15, 0.2) is 0 Å². The maximum Gasteiger partial charge on any atom is 0.425 e. The molecular formula is C27H34ClF3N4O3. The number of carbonyl (C=O) groups is 1. The fraction of sp³-hybridized carbons (Fsp3) is 0.556. The number of aliphatic hydroxyl groups is 2. The summed E-state index contributed by atoms with van der Waals surface area (Å²) in [6.45, 7) is 2.19. The van der Waals surface area contributed by atoms with Gasteiger partial charge in [0.05, 0.1) is 5.56 Å². The van der Waals surface area contributed by atoms with E-state index in [-0.39, 0.29) is 29.7 Å². The van der Waals surface area contributed by atoms with E-state index in [9.17, 15) is 28.2 Å². The van der Waals surface area contributed by atoms with E-state index in [1.54, 1.807) is 18.2 Å². The van der Waals surface area contributed by atoms with Crippen LogP contribution in [0.1, 0.15) is 48.0 Å². The Morgan fingerprint density at radius 1 is 1.05 bits per heavy atom. The lowest BCUT2D eigenvalue weighted by Gasteiger charge is -2.44. The van der Waals surface area contributed by atoms with Crippen LogP contribution in [0.2, 0.25) is 5.15 Å². The van der Waals surface area contributed by atoms with Crippen LogP contribution in [-0.4, -0.2) is 71.6 Å². The van der Waals surface area contributed by atoms with Crippen LogP contribution in [0.3, 0.4) is 0 Å². The number of aromatic nitrogens is 1. The summed E-state index contributed by atoms with van der Waals surface area (Å²) in [6.07, 6.45) is -2.88. The van der Waals surface area contributed by atoms with Crippen LogP contribution in [0.15, 0.2) is 42.5 Å². The van der Waals surface area contributed by atoms with Gasteiger partial charge in [0.25, 0.3) is 5.91 Å². The summed E-state index contributed by atoms with van der Waals surface area (Å²) in [6, 6.07) is 10.3. The molecule has 2 atom stereocenters. The van der Waals surface area contributed by atoms with Gasteiger partial charge in [0, 0.05) is 33.2 Å². The number of likely N-dealkylation sites (tertiary alicyclic amines) is 1. The number of nitrogens with zero attached hydrogens (tertiary/aromatic N) is 3. The number of aliphatic hydroxyl groups excluding tert-OH is 1. The molecule has 208 valence electrons. The molecule has 3 heterocycles. The molecule has 38 heavy (non-hydrogen) atoms. The molecule has 7 nitrogen and oxygen atoms in total. The largest absolute Gasteiger partial charge is 0.425 e. The minimum atomic E-state index is -5.03. The zero-order chi connectivity index (χ0) is 27.5. The first-order valence-electron chi connectivity index (χ1n) is 12.9. The number of amides is 1. The second-order valence-electron chi connectivity index (χ2n) is 10.2. The number of rotatable bonds is 7. The van der Waals surface area contributed by atoms with Gasteiger partial charge < -0.3 is 20.4 Å². The Morgan fingerprint density at radius 2 is 1.63 bits per heavy atom. The number of alkyl halides is 3. The molecule has 0 spiro atoms. The highest BCUT2D eigenvalue weighted by molar-refractivity contribution is 6.32. The summed E-state index contributed by atoms with van der Waals surface area (Å²) in [7, 11) is 1.54. The predicted octanol–water partition coefficient (Wildman–Crippen LogP) is 4.18. The average Bonchev–Trinajstić information content (AvgIpc) is 2.92. The molecule has 0 saturated carbocycles. The maximum atomic E-state index is 14.0. The SMILES string of the molecule is CNC(=O)c1ccc(N2CCC(CC3CCN(C(O)[C@@](O)(c4ccccc4)C(F)(F)F)CC3)CC2)nc1Cl. The van der Waals surface area contributed by atoms with Crippen molar-refractivity contribution < 1.29 is 28.2 Å². The average molecular weight is 555 g/mol. The Hall–Kier alpha value is -2.40. The van der Waals surface area contributed by atoms with E-state index < -0.39 is 18.0 Å². The minimum Gasteiger partial charge on any atom is -0.375 e. The number of pyridine rings is 1. The highest BCUT2D eigenvalue weighted by atomic mass is 35.5. The van der Waals surface area contributed by atoms with Crippen molar-refractivity contribution in [3.8, 4) is 0 Å². The third kappa shape index (κ3) is 5.93. The summed E-state index contributed by atoms with van der Waals surface area (Å²) in [5, 5.41) is 24.1. The molecule has 0 bridgehead atoms. The van der Waals surface area contributed by atoms with E-state index in [0.717, 1.165) is 38.2 Å². The Morgan fingerprint density at radius 3 is 2.16 bits per heavy atom. The van der Waals surface area contributed by atoms with Gasteiger partial charge in [-0.1, -0.05) is 41.9 Å². The van der Waals surface area contributed by atoms with Gasteiger partial charge in [-0.3, -0.25) is 9.69 Å². The lowest BCUT2D eigenvalue weighted by atomic mass is 9.82. The van der Waals surface area contributed by atoms with Crippen molar-refractivity contribution in [3.05, 3.63) is 58.7 Å². The number of nitrogens with one attached hydrogen (secondary N) is 1. The van der Waals surface area contributed by atoms with Crippen LogP contribution in [0.5, 0.6) is 0 Å². The molecule has 3 N–H and O–H groups in total. The van der Waals surface area contributed by atoms with E-state index in [1.165, 1.54) is 36.2 Å². The number of hydrogen-bond acceptors (Lipinski definition) is 6. The Bertz CT molecular complexity index is 1090. The maximum absolute atomic E-state index is 14.0. The first-order valence-corrected chi connectivity index (χ1v) is 13.3. The molecule has 4 rings (SSSR count). The monoisotopic (exact) mass is 554 g/mol. The molecule has 2 aliphatic heterocycles. The molecule has 0 radical (unpaired) electrons. The van der Waals surface area contributed by atoms with E-state index >= 15 is 0 Å². The number of piperidine rings is 2. The predicted molar refractivity (Wildman–Crippen MR) is 139 cm³/mol. The van der Waals surface area contributed by atoms with E-state index in [1.807, 2.05) is 0 Å². The van der Waals surface area contributed by atoms with E-state index in [0.29, 0.717) is 30.2 Å². The highest BCUT2D eigenvalue weighted by Crippen LogP contribution is 2.43. The van der Waals surface area contributed by atoms with Crippen molar-refractivity contribution in [2.24, 2.45) is 11.8 Å². The van der Waals surface area contributed by atoms with Crippen molar-refractivity contribution in [1.82, 2.24) is 15.2 Å². The normalized spacial score (nSPS) is 20.7. The van der Waals surface area contributed by atoms with Crippen LogP contribution in [0.4, 0.5) is 19.0 Å². The summed E-state index contributed by atoms with van der Waals surface area (Å²) in [5.41, 5.74) is -3.39. The second-order valence-corrected chi connectivity index (χ2v) is 10.6. The van der Waals surface area contributed by atoms with Gasteiger partial charge >= 0.3 is 6.18 Å². The molecule has 2 saturated heterocycles. The number of hydrogen-bond donors (Lipinski definition) is 3. The van der Waals surface area contributed by atoms with Crippen LogP contribution in [-0.2, 0) is 5.60 Å². The molecule has 2 aromatic rings. The zero-order valence-corrected chi connectivity index (χ0v) is 22.0. The Labute approximate surface area is 225 Å². The second kappa shape index (κ2) is 11.8. The lowest BCUT2D eigenvalue weighted by Crippen LogP contribution is -2.60. The summed E-state index contributed by atoms with van der Waals surface area (Å²) in [5.74, 6) is 1.29. The third-order valence-corrected chi connectivity index (χ3v) is 8.21. The smallest absolute Gasteiger partial charge is 0.375 e. The molecule has 11 heteroatoms. The Balaban J connectivity index is 1.29. The molecule has 1 amide bonds. The van der Waals surface area contributed by atoms with Gasteiger partial charge in [0.2, 0.25) is 5.60 Å². The number of halogens is 4. The van der Waals surface area contributed by atoms with Crippen LogP contribution >= 0.6 is 11.6 Å². The molecule has 1 unspecified atom stereocenters. The fourth-order valence-corrected chi connectivity index (χ4v) is 5.86. The van der Waals surface area contributed by atoms with Gasteiger partial charge in [-0.05, 0) is 61.6 Å². The topological polar surface area (TPSA) is 88.9 Å².